The van der Waals surface area contributed by atoms with Crippen LogP contribution in [0.3, 0.4) is 0 Å². The fourth-order valence-corrected chi connectivity index (χ4v) is 4.07. The minimum absolute atomic E-state index is 0. The SMILES string of the molecule is CCCC/C=C\CCCCCCCC(=O)OCC(C[N-]C)OC(=O)CCCCCCC/C=C\CCCC.[K+]. The van der Waals surface area contributed by atoms with E-state index >= 15 is 0 Å². The molecule has 0 amide bonds. The molecule has 6 heteroatoms. The largest absolute Gasteiger partial charge is 1.00 e. The van der Waals surface area contributed by atoms with E-state index in [4.69, 9.17) is 9.47 Å². The molecule has 0 aliphatic heterocycles. The third kappa shape index (κ3) is 30.6. The van der Waals surface area contributed by atoms with Crippen LogP contribution in [0.25, 0.3) is 5.32 Å². The van der Waals surface area contributed by atoms with Crippen LogP contribution in [0.4, 0.5) is 0 Å². The summed E-state index contributed by atoms with van der Waals surface area (Å²) in [5, 5.41) is 4.08. The average molecular weight is 560 g/mol. The van der Waals surface area contributed by atoms with Crippen molar-refractivity contribution in [2.45, 2.75) is 148 Å². The number of likely N-dealkylation sites (N-methyl/N-ethyl adjacent to an activating group) is 1. The Morgan fingerprint density at radius 1 is 0.632 bits per heavy atom. The number of carbonyl (C=O) groups excluding carboxylic acids is 2. The van der Waals surface area contributed by atoms with Crippen LogP contribution in [0.1, 0.15) is 142 Å². The van der Waals surface area contributed by atoms with Crippen LogP contribution < -0.4 is 51.4 Å². The maximum atomic E-state index is 12.2. The van der Waals surface area contributed by atoms with Gasteiger partial charge in [-0.2, -0.15) is 7.05 Å². The van der Waals surface area contributed by atoms with E-state index in [9.17, 15) is 9.59 Å². The van der Waals surface area contributed by atoms with E-state index < -0.39 is 6.10 Å². The molecule has 1 unspecified atom stereocenters. The molecule has 0 saturated heterocycles. The molecule has 0 aliphatic carbocycles. The van der Waals surface area contributed by atoms with Crippen molar-refractivity contribution in [3.05, 3.63) is 29.6 Å². The molecule has 5 nitrogen and oxygen atoms in total. The van der Waals surface area contributed by atoms with Gasteiger partial charge < -0.3 is 14.8 Å². The molecule has 0 aliphatic rings. The van der Waals surface area contributed by atoms with Crippen LogP contribution in [0.5, 0.6) is 0 Å². The molecular weight excluding hydrogens is 501 g/mol. The van der Waals surface area contributed by atoms with E-state index in [1.54, 1.807) is 7.05 Å². The van der Waals surface area contributed by atoms with Gasteiger partial charge in [-0.1, -0.05) is 102 Å². The second-order valence-corrected chi connectivity index (χ2v) is 10.1. The van der Waals surface area contributed by atoms with Crippen LogP contribution in [0.15, 0.2) is 24.3 Å². The Labute approximate surface area is 278 Å². The van der Waals surface area contributed by atoms with E-state index in [0.29, 0.717) is 19.4 Å². The molecule has 0 rings (SSSR count). The van der Waals surface area contributed by atoms with Gasteiger partial charge in [0.2, 0.25) is 0 Å². The summed E-state index contributed by atoms with van der Waals surface area (Å²) in [6.45, 7) is 4.89. The van der Waals surface area contributed by atoms with Crippen molar-refractivity contribution >= 4 is 11.9 Å². The smallest absolute Gasteiger partial charge is 0.662 e. The minimum atomic E-state index is -0.480. The van der Waals surface area contributed by atoms with Gasteiger partial charge >= 0.3 is 63.3 Å². The molecule has 38 heavy (non-hydrogen) atoms. The first kappa shape index (κ1) is 40.2. The van der Waals surface area contributed by atoms with Gasteiger partial charge in [0.1, 0.15) is 12.7 Å². The molecule has 0 fully saturated rings. The molecule has 0 aromatic heterocycles. The number of carbonyl (C=O) groups is 2. The van der Waals surface area contributed by atoms with E-state index in [-0.39, 0.29) is 69.9 Å². The monoisotopic (exact) mass is 559 g/mol. The third-order valence-corrected chi connectivity index (χ3v) is 6.40. The Bertz CT molecular complexity index is 580. The van der Waals surface area contributed by atoms with Crippen molar-refractivity contribution < 1.29 is 70.4 Å². The van der Waals surface area contributed by atoms with Gasteiger partial charge in [0.15, 0.2) is 0 Å². The predicted molar refractivity (Wildman–Crippen MR) is 157 cm³/mol. The topological polar surface area (TPSA) is 66.7 Å². The zero-order valence-corrected chi connectivity index (χ0v) is 28.6. The van der Waals surface area contributed by atoms with E-state index in [1.165, 1.54) is 64.2 Å². The van der Waals surface area contributed by atoms with Crippen LogP contribution in [0.2, 0.25) is 0 Å². The quantitative estimate of drug-likeness (QED) is 0.0505. The molecule has 0 aromatic rings. The average Bonchev–Trinajstić information content (AvgIpc) is 2.89. The molecule has 216 valence electrons. The van der Waals surface area contributed by atoms with Crippen LogP contribution in [0, 0.1) is 0 Å². The van der Waals surface area contributed by atoms with E-state index in [0.717, 1.165) is 51.4 Å². The first-order valence-corrected chi connectivity index (χ1v) is 15.3. The summed E-state index contributed by atoms with van der Waals surface area (Å²) in [5.74, 6) is -0.431. The summed E-state index contributed by atoms with van der Waals surface area (Å²) >= 11 is 0. The number of unbranched alkanes of at least 4 members (excludes halogenated alkanes) is 14. The van der Waals surface area contributed by atoms with Crippen LogP contribution >= 0.6 is 0 Å². The molecule has 0 radical (unpaired) electrons. The van der Waals surface area contributed by atoms with Gasteiger partial charge in [0.25, 0.3) is 0 Å². The van der Waals surface area contributed by atoms with Gasteiger partial charge in [-0.05, 0) is 51.4 Å². The molecule has 0 saturated carbocycles. The maximum Gasteiger partial charge on any atom is 1.00 e. The molecular formula is C32H58KNO4. The van der Waals surface area contributed by atoms with Crippen molar-refractivity contribution in [2.24, 2.45) is 0 Å². The molecule has 0 bridgehead atoms. The van der Waals surface area contributed by atoms with E-state index in [1.807, 2.05) is 0 Å². The predicted octanol–water partition coefficient (Wildman–Crippen LogP) is 6.40. The number of nitrogens with zero attached hydrogens (tertiary/aromatic N) is 1. The van der Waals surface area contributed by atoms with Crippen molar-refractivity contribution in [1.29, 1.82) is 0 Å². The first-order valence-electron chi connectivity index (χ1n) is 15.3. The number of esters is 2. The van der Waals surface area contributed by atoms with E-state index in [2.05, 4.69) is 43.5 Å². The number of hydrogen-bond donors (Lipinski definition) is 0. The minimum Gasteiger partial charge on any atom is -0.662 e. The fourth-order valence-electron chi connectivity index (χ4n) is 4.07. The Morgan fingerprint density at radius 2 is 1.05 bits per heavy atom. The summed E-state index contributed by atoms with van der Waals surface area (Å²) in [5.41, 5.74) is 0. The molecule has 0 heterocycles. The van der Waals surface area contributed by atoms with Gasteiger partial charge in [-0.25, -0.2) is 0 Å². The Balaban J connectivity index is 0. The normalized spacial score (nSPS) is 12.1. The van der Waals surface area contributed by atoms with Crippen LogP contribution in [-0.2, 0) is 19.1 Å². The molecule has 1 atom stereocenters. The van der Waals surface area contributed by atoms with Crippen molar-refractivity contribution in [2.75, 3.05) is 20.2 Å². The Hall–Kier alpha value is 0.0164. The summed E-state index contributed by atoms with van der Waals surface area (Å²) in [6, 6.07) is 0. The summed E-state index contributed by atoms with van der Waals surface area (Å²) in [4.78, 5) is 24.3. The summed E-state index contributed by atoms with van der Waals surface area (Å²) < 4.78 is 10.9. The standard InChI is InChI=1S/C32H58NO4.K/c1-4-6-8-10-12-14-16-18-20-22-24-26-31(34)36-29-30(28-33-3)37-32(35)27-25-23-21-19-17-15-13-11-9-7-5-2;/h10-13,30H,4-9,14-29H2,1-3H3;/q-1;+1/b12-10-,13-11-;. The summed E-state index contributed by atoms with van der Waals surface area (Å²) in [6.07, 6.45) is 30.3. The van der Waals surface area contributed by atoms with Gasteiger partial charge in [0.05, 0.1) is 0 Å². The Kier molecular flexibility index (Phi) is 35.1. The molecule has 0 aromatic carbocycles. The zero-order chi connectivity index (χ0) is 27.2. The zero-order valence-electron chi connectivity index (χ0n) is 25.5. The van der Waals surface area contributed by atoms with Crippen molar-refractivity contribution in [1.82, 2.24) is 0 Å². The van der Waals surface area contributed by atoms with Gasteiger partial charge in [0, 0.05) is 12.8 Å². The van der Waals surface area contributed by atoms with Crippen molar-refractivity contribution in [3.63, 3.8) is 0 Å². The van der Waals surface area contributed by atoms with Gasteiger partial charge in [-0.15, -0.1) is 6.54 Å². The number of allylic oxidation sites excluding steroid dienone is 4. The maximum absolute atomic E-state index is 12.2. The van der Waals surface area contributed by atoms with Crippen molar-refractivity contribution in [3.8, 4) is 0 Å². The second kappa shape index (κ2) is 33.2. The number of hydrogen-bond acceptors (Lipinski definition) is 4. The fraction of sp³-hybridized carbons (Fsp3) is 0.812. The second-order valence-electron chi connectivity index (χ2n) is 10.1. The number of ether oxygens (including phenoxy) is 2. The molecule has 0 spiro atoms. The molecule has 0 N–H and O–H groups in total. The first-order chi connectivity index (χ1) is 18.1. The number of rotatable bonds is 27. The van der Waals surface area contributed by atoms with Crippen LogP contribution in [-0.4, -0.2) is 38.2 Å². The third-order valence-electron chi connectivity index (χ3n) is 6.40. The van der Waals surface area contributed by atoms with Gasteiger partial charge in [-0.3, -0.25) is 9.59 Å². The summed E-state index contributed by atoms with van der Waals surface area (Å²) in [7, 11) is 1.68. The Morgan fingerprint density at radius 3 is 1.53 bits per heavy atom.